The number of ether oxygens (including phenoxy) is 4. The third-order valence-electron chi connectivity index (χ3n) is 6.92. The number of nitrogens with one attached hydrogen (secondary N) is 2. The quantitative estimate of drug-likeness (QED) is 0.280. The smallest absolute Gasteiger partial charge is 0.408 e. The number of hydrogen-bond donors (Lipinski definition) is 2. The van der Waals surface area contributed by atoms with Crippen LogP contribution in [0.2, 0.25) is 18.1 Å². The molecule has 2 rings (SSSR count). The molecule has 1 aliphatic heterocycles. The Morgan fingerprint density at radius 1 is 1.10 bits per heavy atom. The first-order valence-corrected chi connectivity index (χ1v) is 17.4. The van der Waals surface area contributed by atoms with Crippen molar-refractivity contribution in [2.24, 2.45) is 0 Å². The summed E-state index contributed by atoms with van der Waals surface area (Å²) in [7, 11) is 0.378. The highest BCUT2D eigenvalue weighted by molar-refractivity contribution is 7.98. The minimum absolute atomic E-state index is 0.127. The zero-order chi connectivity index (χ0) is 31.3. The van der Waals surface area contributed by atoms with Gasteiger partial charge in [0.1, 0.15) is 35.8 Å². The van der Waals surface area contributed by atoms with E-state index in [0.29, 0.717) is 22.6 Å². The van der Waals surface area contributed by atoms with Crippen LogP contribution in [0.5, 0.6) is 11.5 Å². The van der Waals surface area contributed by atoms with E-state index in [1.54, 1.807) is 33.8 Å². The fraction of sp³-hybridized carbons (Fsp3) is 0.643. The summed E-state index contributed by atoms with van der Waals surface area (Å²) in [4.78, 5) is 51.9. The van der Waals surface area contributed by atoms with Crippen molar-refractivity contribution in [1.29, 1.82) is 0 Å². The standard InChI is InChI=1S/C28H44N2O9SSi/c1-16-20(35-8)12-21(39-41(10,11)28(5,6)7)17-14-40-15-19(24(32)36-9)29-23(31)18(13-37-25(33)22(16)17)30-26(34)38-27(2,3)4/h12,18-19H,13-15H2,1-11H3,(H,29,31)(H,30,34)/t18-,19-/m0/s1. The molecule has 1 aliphatic rings. The second kappa shape index (κ2) is 13.4. The molecule has 2 atom stereocenters. The molecule has 0 unspecified atom stereocenters. The Hall–Kier alpha value is -2.93. The topological polar surface area (TPSA) is 138 Å². The van der Waals surface area contributed by atoms with Crippen molar-refractivity contribution in [1.82, 2.24) is 10.6 Å². The van der Waals surface area contributed by atoms with Crippen LogP contribution in [-0.4, -0.2) is 76.5 Å². The molecule has 0 radical (unpaired) electrons. The van der Waals surface area contributed by atoms with Gasteiger partial charge in [-0.25, -0.2) is 14.4 Å². The zero-order valence-electron chi connectivity index (χ0n) is 25.9. The average molecular weight is 613 g/mol. The Morgan fingerprint density at radius 3 is 2.27 bits per heavy atom. The normalized spacial score (nSPS) is 18.9. The number of esters is 2. The number of rotatable bonds is 5. The highest BCUT2D eigenvalue weighted by Crippen LogP contribution is 2.42. The maximum Gasteiger partial charge on any atom is 0.408 e. The highest BCUT2D eigenvalue weighted by Gasteiger charge is 2.40. The van der Waals surface area contributed by atoms with E-state index < -0.39 is 56.5 Å². The average Bonchev–Trinajstić information content (AvgIpc) is 2.83. The van der Waals surface area contributed by atoms with Crippen molar-refractivity contribution in [3.63, 3.8) is 0 Å². The molecule has 0 saturated heterocycles. The van der Waals surface area contributed by atoms with Crippen LogP contribution in [0, 0.1) is 6.92 Å². The summed E-state index contributed by atoms with van der Waals surface area (Å²) in [6.45, 7) is 16.8. The highest BCUT2D eigenvalue weighted by atomic mass is 32.2. The number of carbonyl (C=O) groups is 4. The number of hydrogen-bond acceptors (Lipinski definition) is 10. The molecule has 0 spiro atoms. The van der Waals surface area contributed by atoms with E-state index in [-0.39, 0.29) is 22.1 Å². The Bertz CT molecular complexity index is 1160. The number of methoxy groups -OCH3 is 2. The molecule has 2 amide bonds. The molecule has 41 heavy (non-hydrogen) atoms. The van der Waals surface area contributed by atoms with Crippen molar-refractivity contribution < 1.29 is 42.6 Å². The number of fused-ring (bicyclic) bond motifs is 1. The van der Waals surface area contributed by atoms with Crippen LogP contribution in [0.1, 0.15) is 63.0 Å². The van der Waals surface area contributed by atoms with Crippen LogP contribution in [0.15, 0.2) is 6.07 Å². The van der Waals surface area contributed by atoms with Crippen molar-refractivity contribution in [3.05, 3.63) is 22.8 Å². The van der Waals surface area contributed by atoms with Crippen LogP contribution in [-0.2, 0) is 29.6 Å². The maximum absolute atomic E-state index is 13.6. The molecule has 11 nitrogen and oxygen atoms in total. The van der Waals surface area contributed by atoms with Gasteiger partial charge in [0.05, 0.1) is 19.8 Å². The van der Waals surface area contributed by atoms with E-state index in [4.69, 9.17) is 23.4 Å². The second-order valence-electron chi connectivity index (χ2n) is 12.3. The van der Waals surface area contributed by atoms with Crippen LogP contribution in [0.3, 0.4) is 0 Å². The summed E-state index contributed by atoms with van der Waals surface area (Å²) in [5.41, 5.74) is 0.548. The van der Waals surface area contributed by atoms with Crippen molar-refractivity contribution in [2.75, 3.05) is 26.6 Å². The SMILES string of the molecule is COC(=O)[C@@H]1CSCc2c(O[Si](C)(C)C(C)(C)C)cc(OC)c(C)c2C(=O)OC[C@H](NC(=O)OC(C)(C)C)C(=O)N1. The van der Waals surface area contributed by atoms with Gasteiger partial charge in [-0.3, -0.25) is 4.79 Å². The minimum Gasteiger partial charge on any atom is -0.543 e. The van der Waals surface area contributed by atoms with Crippen LogP contribution in [0.4, 0.5) is 4.79 Å². The lowest BCUT2D eigenvalue weighted by atomic mass is 10.0. The van der Waals surface area contributed by atoms with E-state index in [2.05, 4.69) is 44.5 Å². The van der Waals surface area contributed by atoms with Crippen LogP contribution in [0.25, 0.3) is 0 Å². The molecule has 230 valence electrons. The van der Waals surface area contributed by atoms with Gasteiger partial charge in [0, 0.05) is 28.7 Å². The van der Waals surface area contributed by atoms with Crippen molar-refractivity contribution in [2.45, 2.75) is 90.0 Å². The summed E-state index contributed by atoms with van der Waals surface area (Å²) in [5.74, 6) is -0.730. The number of cyclic esters (lactones) is 1. The Kier molecular flexibility index (Phi) is 11.2. The number of thioether (sulfide) groups is 1. The van der Waals surface area contributed by atoms with Gasteiger partial charge in [0.25, 0.3) is 0 Å². The Morgan fingerprint density at radius 2 is 1.73 bits per heavy atom. The molecule has 0 bridgehead atoms. The summed E-state index contributed by atoms with van der Waals surface area (Å²) >= 11 is 1.32. The molecule has 1 heterocycles. The summed E-state index contributed by atoms with van der Waals surface area (Å²) in [6, 6.07) is -0.591. The lowest BCUT2D eigenvalue weighted by Gasteiger charge is -2.37. The van der Waals surface area contributed by atoms with Crippen LogP contribution >= 0.6 is 11.8 Å². The molecule has 0 aromatic heterocycles. The van der Waals surface area contributed by atoms with Crippen LogP contribution < -0.4 is 19.8 Å². The molecular formula is C28H44N2O9SSi. The van der Waals surface area contributed by atoms with Gasteiger partial charge in [-0.2, -0.15) is 11.8 Å². The predicted octanol–water partition coefficient (Wildman–Crippen LogP) is 4.34. The minimum atomic E-state index is -2.35. The second-order valence-corrected chi connectivity index (χ2v) is 18.1. The predicted molar refractivity (Wildman–Crippen MR) is 159 cm³/mol. The zero-order valence-corrected chi connectivity index (χ0v) is 27.8. The maximum atomic E-state index is 13.6. The van der Waals surface area contributed by atoms with Crippen molar-refractivity contribution in [3.8, 4) is 11.5 Å². The first-order valence-electron chi connectivity index (χ1n) is 13.3. The van der Waals surface area contributed by atoms with Gasteiger partial charge in [-0.1, -0.05) is 20.8 Å². The third-order valence-corrected chi connectivity index (χ3v) is 12.3. The molecule has 1 aromatic rings. The van der Waals surface area contributed by atoms with E-state index in [0.717, 1.165) is 0 Å². The van der Waals surface area contributed by atoms with Gasteiger partial charge < -0.3 is 34.0 Å². The van der Waals surface area contributed by atoms with Gasteiger partial charge in [-0.05, 0) is 45.8 Å². The fourth-order valence-corrected chi connectivity index (χ4v) is 5.77. The molecule has 0 saturated carbocycles. The molecule has 13 heteroatoms. The summed E-state index contributed by atoms with van der Waals surface area (Å²) < 4.78 is 28.1. The first kappa shape index (κ1) is 34.3. The molecule has 0 fully saturated rings. The van der Waals surface area contributed by atoms with Gasteiger partial charge >= 0.3 is 18.0 Å². The number of alkyl carbamates (subject to hydrolysis) is 1. The van der Waals surface area contributed by atoms with E-state index in [1.807, 2.05) is 0 Å². The molecular weight excluding hydrogens is 568 g/mol. The number of carbonyl (C=O) groups excluding carboxylic acids is 4. The Balaban J connectivity index is 2.63. The fourth-order valence-electron chi connectivity index (χ4n) is 3.66. The molecule has 0 aliphatic carbocycles. The van der Waals surface area contributed by atoms with Gasteiger partial charge in [0.2, 0.25) is 14.2 Å². The summed E-state index contributed by atoms with van der Waals surface area (Å²) in [6.07, 6.45) is -0.881. The number of benzene rings is 1. The largest absolute Gasteiger partial charge is 0.543 e. The Labute approximate surface area is 247 Å². The van der Waals surface area contributed by atoms with E-state index in [9.17, 15) is 19.2 Å². The van der Waals surface area contributed by atoms with Crippen molar-refractivity contribution >= 4 is 44.0 Å². The lowest BCUT2D eigenvalue weighted by molar-refractivity contribution is -0.144. The van der Waals surface area contributed by atoms with Gasteiger partial charge in [0.15, 0.2) is 0 Å². The summed E-state index contributed by atoms with van der Waals surface area (Å²) in [5, 5.41) is 4.92. The molecule has 2 N–H and O–H groups in total. The first-order chi connectivity index (χ1) is 18.8. The van der Waals surface area contributed by atoms with E-state index in [1.165, 1.54) is 26.0 Å². The van der Waals surface area contributed by atoms with Gasteiger partial charge in [-0.15, -0.1) is 0 Å². The monoisotopic (exact) mass is 612 g/mol. The number of amides is 2. The third kappa shape index (κ3) is 9.02. The lowest BCUT2D eigenvalue weighted by Crippen LogP contribution is -2.55. The molecule has 1 aromatic carbocycles. The van der Waals surface area contributed by atoms with E-state index >= 15 is 0 Å².